The van der Waals surface area contributed by atoms with Gasteiger partial charge in [-0.2, -0.15) is 0 Å². The molecular formula is C38H49ClFN5O5. The number of ether oxygens (including phenoxy) is 2. The number of ketones is 1. The summed E-state index contributed by atoms with van der Waals surface area (Å²) in [4.78, 5) is 47.0. The summed E-state index contributed by atoms with van der Waals surface area (Å²) in [6.07, 6.45) is 5.67. The maximum atomic E-state index is 15.9. The Morgan fingerprint density at radius 3 is 2.42 bits per heavy atom. The van der Waals surface area contributed by atoms with Gasteiger partial charge in [0.25, 0.3) is 5.91 Å². The molecule has 1 N–H and O–H groups in total. The van der Waals surface area contributed by atoms with Crippen molar-refractivity contribution in [3.8, 4) is 0 Å². The number of nitrogens with one attached hydrogen (secondary N) is 1. The summed E-state index contributed by atoms with van der Waals surface area (Å²) in [5.74, 6) is -2.61. The highest BCUT2D eigenvalue weighted by Gasteiger charge is 2.56. The van der Waals surface area contributed by atoms with Gasteiger partial charge in [-0.1, -0.05) is 29.8 Å². The number of carbonyl (C=O) groups is 3. The molecule has 6 rings (SSSR count). The summed E-state index contributed by atoms with van der Waals surface area (Å²) in [6.45, 7) is 5.81. The number of fused-ring (bicyclic) bond motifs is 1. The van der Waals surface area contributed by atoms with Gasteiger partial charge in [-0.3, -0.25) is 24.2 Å². The molecule has 1 saturated carbocycles. The van der Waals surface area contributed by atoms with E-state index in [4.69, 9.17) is 21.1 Å². The number of para-hydroxylation sites is 1. The van der Waals surface area contributed by atoms with Crippen molar-refractivity contribution in [2.24, 2.45) is 18.9 Å². The molecule has 2 saturated heterocycles. The first kappa shape index (κ1) is 36.4. The lowest BCUT2D eigenvalue weighted by Crippen LogP contribution is -2.73. The van der Waals surface area contributed by atoms with Gasteiger partial charge in [0.1, 0.15) is 5.82 Å². The SMILES string of the molecule is CCOC(=O)C1CCC(OC(C(=O)Cc2cc(Cl)c(NC(=O)c3cn(C)c4ccccc34)cc2F)(N2CCCC2)N2CC(CN(C)C)C2)CC1. The third kappa shape index (κ3) is 7.48. The van der Waals surface area contributed by atoms with Crippen molar-refractivity contribution in [2.75, 3.05) is 58.7 Å². The zero-order valence-corrected chi connectivity index (χ0v) is 30.3. The van der Waals surface area contributed by atoms with Crippen molar-refractivity contribution < 1.29 is 28.2 Å². The van der Waals surface area contributed by atoms with Gasteiger partial charge in [0, 0.05) is 63.3 Å². The fourth-order valence-corrected chi connectivity index (χ4v) is 8.20. The number of likely N-dealkylation sites (tertiary alicyclic amines) is 2. The highest BCUT2D eigenvalue weighted by atomic mass is 35.5. The Morgan fingerprint density at radius 2 is 1.74 bits per heavy atom. The number of Topliss-reactive ketones (excluding diaryl/α,β-unsaturated/α-hetero) is 1. The molecule has 0 spiro atoms. The van der Waals surface area contributed by atoms with Gasteiger partial charge in [0.15, 0.2) is 5.78 Å². The van der Waals surface area contributed by atoms with E-state index in [0.717, 1.165) is 30.3 Å². The number of aromatic nitrogens is 1. The topological polar surface area (TPSA) is 96.3 Å². The van der Waals surface area contributed by atoms with Gasteiger partial charge in [0.05, 0.1) is 34.9 Å². The van der Waals surface area contributed by atoms with Gasteiger partial charge in [-0.25, -0.2) is 4.39 Å². The lowest BCUT2D eigenvalue weighted by molar-refractivity contribution is -0.276. The van der Waals surface area contributed by atoms with Crippen molar-refractivity contribution >= 4 is 45.9 Å². The third-order valence-corrected chi connectivity index (χ3v) is 10.7. The molecule has 0 radical (unpaired) electrons. The van der Waals surface area contributed by atoms with Crippen LogP contribution in [0.25, 0.3) is 10.9 Å². The van der Waals surface area contributed by atoms with E-state index in [1.165, 1.54) is 12.1 Å². The Balaban J connectivity index is 1.24. The quantitative estimate of drug-likeness (QED) is 0.226. The molecule has 12 heteroatoms. The fourth-order valence-electron chi connectivity index (χ4n) is 7.97. The minimum atomic E-state index is -1.36. The number of hydrogen-bond acceptors (Lipinski definition) is 8. The first-order valence-corrected chi connectivity index (χ1v) is 18.2. The Kier molecular flexibility index (Phi) is 11.3. The summed E-state index contributed by atoms with van der Waals surface area (Å²) < 4.78 is 30.1. The predicted molar refractivity (Wildman–Crippen MR) is 192 cm³/mol. The molecule has 3 heterocycles. The van der Waals surface area contributed by atoms with E-state index in [-0.39, 0.29) is 46.5 Å². The maximum Gasteiger partial charge on any atom is 0.308 e. The van der Waals surface area contributed by atoms with Crippen LogP contribution in [-0.2, 0) is 32.5 Å². The minimum Gasteiger partial charge on any atom is -0.466 e. The highest BCUT2D eigenvalue weighted by molar-refractivity contribution is 6.34. The van der Waals surface area contributed by atoms with E-state index < -0.39 is 17.6 Å². The van der Waals surface area contributed by atoms with E-state index in [0.29, 0.717) is 70.0 Å². The maximum absolute atomic E-state index is 15.9. The monoisotopic (exact) mass is 709 g/mol. The molecule has 2 aliphatic heterocycles. The van der Waals surface area contributed by atoms with Crippen LogP contribution in [0.5, 0.6) is 0 Å². The smallest absolute Gasteiger partial charge is 0.308 e. The van der Waals surface area contributed by atoms with E-state index in [1.807, 2.05) is 56.9 Å². The van der Waals surface area contributed by atoms with Crippen LogP contribution < -0.4 is 5.32 Å². The second-order valence-corrected chi connectivity index (χ2v) is 14.7. The molecule has 0 bridgehead atoms. The van der Waals surface area contributed by atoms with Crippen LogP contribution in [0, 0.1) is 17.7 Å². The second-order valence-electron chi connectivity index (χ2n) is 14.3. The first-order valence-electron chi connectivity index (χ1n) is 17.9. The van der Waals surface area contributed by atoms with Crippen LogP contribution in [0.15, 0.2) is 42.6 Å². The van der Waals surface area contributed by atoms with Gasteiger partial charge in [-0.15, -0.1) is 0 Å². The largest absolute Gasteiger partial charge is 0.466 e. The van der Waals surface area contributed by atoms with Crippen molar-refractivity contribution in [2.45, 2.75) is 63.8 Å². The number of nitrogens with zero attached hydrogens (tertiary/aromatic N) is 4. The average Bonchev–Trinajstić information content (AvgIpc) is 3.73. The van der Waals surface area contributed by atoms with E-state index in [1.54, 1.807) is 6.20 Å². The van der Waals surface area contributed by atoms with E-state index >= 15 is 4.39 Å². The number of hydrogen-bond donors (Lipinski definition) is 1. The molecule has 3 fully saturated rings. The van der Waals surface area contributed by atoms with Gasteiger partial charge >= 0.3 is 5.97 Å². The number of esters is 1. The summed E-state index contributed by atoms with van der Waals surface area (Å²) in [5.41, 5.74) is 1.62. The van der Waals surface area contributed by atoms with Crippen LogP contribution in [0.1, 0.15) is 61.4 Å². The number of benzene rings is 2. The molecule has 10 nitrogen and oxygen atoms in total. The minimum absolute atomic E-state index is 0.132. The van der Waals surface area contributed by atoms with Crippen molar-refractivity contribution in [3.63, 3.8) is 0 Å². The lowest BCUT2D eigenvalue weighted by atomic mass is 9.87. The van der Waals surface area contributed by atoms with Crippen molar-refractivity contribution in [1.29, 1.82) is 0 Å². The van der Waals surface area contributed by atoms with Gasteiger partial charge < -0.3 is 24.3 Å². The van der Waals surface area contributed by atoms with Crippen LogP contribution in [0.4, 0.5) is 10.1 Å². The Morgan fingerprint density at radius 1 is 1.04 bits per heavy atom. The Labute approximate surface area is 298 Å². The number of carbonyl (C=O) groups excluding carboxylic acids is 3. The average molecular weight is 710 g/mol. The molecule has 270 valence electrons. The molecule has 1 amide bonds. The van der Waals surface area contributed by atoms with E-state index in [9.17, 15) is 14.4 Å². The summed E-state index contributed by atoms with van der Waals surface area (Å²) in [7, 11) is 5.95. The standard InChI is InChI=1S/C38H49ClFN5O5/c1-5-49-37(48)26-12-14-28(15-13-26)50-38(44-16-8-9-17-44,45-22-25(23-45)21-42(2)3)35(46)19-27-18-31(39)33(20-32(27)40)41-36(47)30-24-43(4)34-11-7-6-10-29(30)34/h6-7,10-11,18,20,24-26,28H,5,8-9,12-17,19,21-23H2,1-4H3,(H,41,47). The Bertz CT molecular complexity index is 1710. The highest BCUT2D eigenvalue weighted by Crippen LogP contribution is 2.40. The Hall–Kier alpha value is -3.35. The number of anilines is 1. The number of amides is 1. The normalized spacial score (nSPS) is 21.7. The van der Waals surface area contributed by atoms with Crippen LogP contribution in [-0.4, -0.2) is 102 Å². The number of aryl methyl sites for hydroxylation is 1. The molecule has 3 aliphatic rings. The van der Waals surface area contributed by atoms with Crippen molar-refractivity contribution in [1.82, 2.24) is 19.3 Å². The molecule has 1 unspecified atom stereocenters. The molecule has 3 aromatic rings. The van der Waals surface area contributed by atoms with Crippen LogP contribution in [0.2, 0.25) is 5.02 Å². The van der Waals surface area contributed by atoms with Crippen LogP contribution in [0.3, 0.4) is 0 Å². The summed E-state index contributed by atoms with van der Waals surface area (Å²) in [5, 5.41) is 3.69. The third-order valence-electron chi connectivity index (χ3n) is 10.4. The lowest BCUT2D eigenvalue weighted by Gasteiger charge is -2.55. The molecular weight excluding hydrogens is 661 g/mol. The fraction of sp³-hybridized carbons (Fsp3) is 0.553. The summed E-state index contributed by atoms with van der Waals surface area (Å²) in [6, 6.07) is 10.2. The predicted octanol–water partition coefficient (Wildman–Crippen LogP) is 5.72. The number of halogens is 2. The molecule has 50 heavy (non-hydrogen) atoms. The second kappa shape index (κ2) is 15.5. The van der Waals surface area contributed by atoms with Crippen molar-refractivity contribution in [3.05, 3.63) is 64.6 Å². The zero-order valence-electron chi connectivity index (χ0n) is 29.6. The molecule has 1 atom stereocenters. The number of rotatable bonds is 13. The van der Waals surface area contributed by atoms with Crippen LogP contribution >= 0.6 is 11.6 Å². The summed E-state index contributed by atoms with van der Waals surface area (Å²) >= 11 is 6.67. The molecule has 1 aliphatic carbocycles. The van der Waals surface area contributed by atoms with Gasteiger partial charge in [-0.05, 0) is 89.2 Å². The first-order chi connectivity index (χ1) is 24.0. The van der Waals surface area contributed by atoms with E-state index in [2.05, 4.69) is 20.0 Å². The molecule has 1 aromatic heterocycles. The van der Waals surface area contributed by atoms with Gasteiger partial charge in [0.2, 0.25) is 5.85 Å². The zero-order chi connectivity index (χ0) is 35.6. The molecule has 2 aromatic carbocycles.